The molecule has 160 valence electrons. The van der Waals surface area contributed by atoms with Crippen LogP contribution in [-0.4, -0.2) is 73.2 Å². The minimum atomic E-state index is -4.14. The minimum Gasteiger partial charge on any atom is -0.356 e. The number of nitrogens with one attached hydrogen (secondary N) is 1. The van der Waals surface area contributed by atoms with Crippen LogP contribution in [0.15, 0.2) is 23.5 Å². The molecule has 2 rings (SSSR count). The predicted molar refractivity (Wildman–Crippen MR) is 117 cm³/mol. The first-order chi connectivity index (χ1) is 12.8. The fraction of sp³-hybridized carbons (Fsp3) is 0.684. The maximum absolute atomic E-state index is 12.6. The summed E-state index contributed by atoms with van der Waals surface area (Å²) in [6, 6.07) is 2.02. The largest absolute Gasteiger partial charge is 0.401 e. The van der Waals surface area contributed by atoms with E-state index in [-0.39, 0.29) is 29.9 Å². The van der Waals surface area contributed by atoms with Gasteiger partial charge < -0.3 is 10.2 Å². The van der Waals surface area contributed by atoms with Crippen LogP contribution in [0.3, 0.4) is 0 Å². The van der Waals surface area contributed by atoms with Crippen LogP contribution >= 0.6 is 24.0 Å². The van der Waals surface area contributed by atoms with Crippen LogP contribution in [0.4, 0.5) is 13.2 Å². The number of hydrogen-bond acceptors (Lipinski definition) is 3. The van der Waals surface area contributed by atoms with Crippen molar-refractivity contribution in [2.75, 3.05) is 46.3 Å². The van der Waals surface area contributed by atoms with Crippen LogP contribution in [0.1, 0.15) is 24.5 Å². The number of aryl methyl sites for hydroxylation is 1. The fourth-order valence-electron chi connectivity index (χ4n) is 3.52. The predicted octanol–water partition coefficient (Wildman–Crippen LogP) is 3.33. The topological polar surface area (TPSA) is 43.8 Å². The van der Waals surface area contributed by atoms with E-state index in [1.54, 1.807) is 20.2 Å². The monoisotopic (exact) mass is 513 g/mol. The number of nitrogens with zero attached hydrogens (tertiary/aromatic N) is 4. The number of aliphatic imine (C=N–C) groups is 1. The van der Waals surface area contributed by atoms with Gasteiger partial charge in [0, 0.05) is 45.6 Å². The average molecular weight is 513 g/mol. The second-order valence-corrected chi connectivity index (χ2v) is 7.07. The lowest BCUT2D eigenvalue weighted by molar-refractivity contribution is -0.146. The van der Waals surface area contributed by atoms with Crippen LogP contribution in [0, 0.1) is 12.8 Å². The van der Waals surface area contributed by atoms with Gasteiger partial charge in [0.1, 0.15) is 0 Å². The van der Waals surface area contributed by atoms with E-state index in [4.69, 9.17) is 0 Å². The van der Waals surface area contributed by atoms with Crippen LogP contribution < -0.4 is 5.32 Å². The third-order valence-electron chi connectivity index (χ3n) is 4.98. The van der Waals surface area contributed by atoms with E-state index in [1.807, 2.05) is 19.2 Å². The van der Waals surface area contributed by atoms with Crippen LogP contribution in [0.25, 0.3) is 0 Å². The van der Waals surface area contributed by atoms with Crippen molar-refractivity contribution in [2.45, 2.75) is 32.9 Å². The smallest absolute Gasteiger partial charge is 0.356 e. The molecule has 1 fully saturated rings. The second kappa shape index (κ2) is 11.8. The molecule has 0 aromatic carbocycles. The molecule has 2 heterocycles. The van der Waals surface area contributed by atoms with E-state index in [2.05, 4.69) is 20.2 Å². The molecule has 0 saturated carbocycles. The number of alkyl halides is 3. The van der Waals surface area contributed by atoms with Crippen LogP contribution in [-0.2, 0) is 6.42 Å². The number of pyridine rings is 1. The average Bonchev–Trinajstić information content (AvgIpc) is 3.06. The maximum Gasteiger partial charge on any atom is 0.401 e. The first-order valence-corrected chi connectivity index (χ1v) is 9.46. The number of guanidine groups is 1. The first kappa shape index (κ1) is 24.9. The summed E-state index contributed by atoms with van der Waals surface area (Å²) in [5, 5.41) is 3.38. The summed E-state index contributed by atoms with van der Waals surface area (Å²) in [7, 11) is 1.75. The molecule has 1 aromatic rings. The van der Waals surface area contributed by atoms with Crippen molar-refractivity contribution in [1.29, 1.82) is 0 Å². The zero-order chi connectivity index (χ0) is 19.9. The standard InChI is InChI=1S/C19H30F3N5.HI/c1-4-26(14-19(20,21)22)12-16-7-10-27(13-16)18(23-3)25-9-6-17-5-8-24-11-15(17)2;/h5,8,11,16H,4,6-7,9-10,12-14H2,1-3H3,(H,23,25);1H. The zero-order valence-electron chi connectivity index (χ0n) is 16.8. The van der Waals surface area contributed by atoms with Crippen molar-refractivity contribution in [3.8, 4) is 0 Å². The number of aromatic nitrogens is 1. The Morgan fingerprint density at radius 2 is 2.18 bits per heavy atom. The van der Waals surface area contributed by atoms with E-state index in [0.717, 1.165) is 38.4 Å². The quantitative estimate of drug-likeness (QED) is 0.345. The summed E-state index contributed by atoms with van der Waals surface area (Å²) >= 11 is 0. The highest BCUT2D eigenvalue weighted by Crippen LogP contribution is 2.21. The highest BCUT2D eigenvalue weighted by atomic mass is 127. The van der Waals surface area contributed by atoms with E-state index in [0.29, 0.717) is 13.1 Å². The molecule has 1 unspecified atom stereocenters. The van der Waals surface area contributed by atoms with E-state index < -0.39 is 12.7 Å². The lowest BCUT2D eigenvalue weighted by Crippen LogP contribution is -2.42. The molecular weight excluding hydrogens is 482 g/mol. The van der Waals surface area contributed by atoms with Gasteiger partial charge in [-0.05, 0) is 49.4 Å². The molecule has 1 aromatic heterocycles. The van der Waals surface area contributed by atoms with Crippen molar-refractivity contribution in [2.24, 2.45) is 10.9 Å². The summed E-state index contributed by atoms with van der Waals surface area (Å²) in [6.07, 6.45) is 1.27. The highest BCUT2D eigenvalue weighted by molar-refractivity contribution is 14.0. The number of halogens is 4. The van der Waals surface area contributed by atoms with Gasteiger partial charge in [0.25, 0.3) is 0 Å². The number of hydrogen-bond donors (Lipinski definition) is 1. The van der Waals surface area contributed by atoms with E-state index >= 15 is 0 Å². The highest BCUT2D eigenvalue weighted by Gasteiger charge is 2.32. The zero-order valence-corrected chi connectivity index (χ0v) is 19.1. The molecule has 1 saturated heterocycles. The first-order valence-electron chi connectivity index (χ1n) is 9.46. The Labute approximate surface area is 182 Å². The summed E-state index contributed by atoms with van der Waals surface area (Å²) in [5.74, 6) is 1.05. The molecule has 1 N–H and O–H groups in total. The molecular formula is C19H31F3IN5. The molecule has 0 spiro atoms. The van der Waals surface area contributed by atoms with Crippen molar-refractivity contribution >= 4 is 29.9 Å². The molecule has 1 aliphatic rings. The van der Waals surface area contributed by atoms with Crippen molar-refractivity contribution < 1.29 is 13.2 Å². The van der Waals surface area contributed by atoms with E-state index in [9.17, 15) is 13.2 Å². The van der Waals surface area contributed by atoms with Gasteiger partial charge in [0.15, 0.2) is 5.96 Å². The maximum atomic E-state index is 12.6. The Morgan fingerprint density at radius 3 is 2.79 bits per heavy atom. The normalized spacial score (nSPS) is 17.8. The molecule has 0 radical (unpaired) electrons. The molecule has 5 nitrogen and oxygen atoms in total. The van der Waals surface area contributed by atoms with Gasteiger partial charge in [-0.3, -0.25) is 14.9 Å². The molecule has 28 heavy (non-hydrogen) atoms. The Balaban J connectivity index is 0.00000392. The Kier molecular flexibility index (Phi) is 10.5. The summed E-state index contributed by atoms with van der Waals surface area (Å²) < 4.78 is 37.9. The minimum absolute atomic E-state index is 0. The lowest BCUT2D eigenvalue weighted by atomic mass is 10.1. The Morgan fingerprint density at radius 1 is 1.43 bits per heavy atom. The van der Waals surface area contributed by atoms with Crippen molar-refractivity contribution in [3.63, 3.8) is 0 Å². The fourth-order valence-corrected chi connectivity index (χ4v) is 3.52. The third-order valence-corrected chi connectivity index (χ3v) is 4.98. The molecule has 0 aliphatic carbocycles. The summed E-state index contributed by atoms with van der Waals surface area (Å²) in [6.45, 7) is 6.19. The van der Waals surface area contributed by atoms with Crippen LogP contribution in [0.2, 0.25) is 0 Å². The van der Waals surface area contributed by atoms with Gasteiger partial charge in [-0.25, -0.2) is 0 Å². The van der Waals surface area contributed by atoms with Gasteiger partial charge in [-0.2, -0.15) is 13.2 Å². The second-order valence-electron chi connectivity index (χ2n) is 7.07. The van der Waals surface area contributed by atoms with E-state index in [1.165, 1.54) is 16.0 Å². The molecule has 1 atom stereocenters. The SMILES string of the molecule is CCN(CC1CCN(C(=NC)NCCc2ccncc2C)C1)CC(F)(F)F.I. The molecule has 0 bridgehead atoms. The van der Waals surface area contributed by atoms with Crippen molar-refractivity contribution in [1.82, 2.24) is 20.1 Å². The van der Waals surface area contributed by atoms with Crippen LogP contribution in [0.5, 0.6) is 0 Å². The van der Waals surface area contributed by atoms with Gasteiger partial charge >= 0.3 is 6.18 Å². The number of rotatable bonds is 7. The van der Waals surface area contributed by atoms with Gasteiger partial charge in [0.2, 0.25) is 0 Å². The summed E-state index contributed by atoms with van der Waals surface area (Å²) in [4.78, 5) is 12.1. The third kappa shape index (κ3) is 8.10. The Hall–Kier alpha value is -1.10. The van der Waals surface area contributed by atoms with Gasteiger partial charge in [0.05, 0.1) is 6.54 Å². The van der Waals surface area contributed by atoms with Gasteiger partial charge in [-0.15, -0.1) is 24.0 Å². The van der Waals surface area contributed by atoms with Crippen molar-refractivity contribution in [3.05, 3.63) is 29.6 Å². The lowest BCUT2D eigenvalue weighted by Gasteiger charge is -2.26. The van der Waals surface area contributed by atoms with Gasteiger partial charge in [-0.1, -0.05) is 6.92 Å². The molecule has 1 aliphatic heterocycles. The molecule has 0 amide bonds. The summed E-state index contributed by atoms with van der Waals surface area (Å²) in [5.41, 5.74) is 2.41. The molecule has 9 heteroatoms. The number of likely N-dealkylation sites (tertiary alicyclic amines) is 1. The Bertz CT molecular complexity index is 624.